The third kappa shape index (κ3) is 35.2. The molecule has 0 spiro atoms. The van der Waals surface area contributed by atoms with Crippen LogP contribution in [-0.2, 0) is 68.7 Å². The summed E-state index contributed by atoms with van der Waals surface area (Å²) in [5, 5.41) is 31.5. The molecule has 41 heteroatoms. The van der Waals surface area contributed by atoms with Crippen LogP contribution < -0.4 is 121 Å². The zero-order chi connectivity index (χ0) is 78.8. The molecule has 1 saturated carbocycles. The number of hydrogen-bond donors (Lipinski definition) is 22. The quantitative estimate of drug-likeness (QED) is 0.0177. The zero-order valence-electron chi connectivity index (χ0n) is 60.8. The van der Waals surface area contributed by atoms with E-state index in [-0.39, 0.29) is 119 Å². The molecule has 592 valence electrons. The van der Waals surface area contributed by atoms with Crippen LogP contribution in [0.25, 0.3) is 0 Å². The molecular weight excluding hydrogens is 1420 g/mol. The maximum Gasteiger partial charge on any atom is 0.244 e. The first-order chi connectivity index (χ1) is 50.3. The number of benzene rings is 1. The van der Waals surface area contributed by atoms with Crippen molar-refractivity contribution in [2.24, 2.45) is 95.1 Å². The standard InChI is InChI=1S/C65H112N26O13S2/c1-5-35(3)49-59(102)82-32-48(94)84-41(23-15-27-78-64(72)73)56(99)90-50(36(4)6-2)61(104)86-43(29-37-17-9-7-10-18-37)57(100)85-42(24-16-28-79-65(74)75)54(97)87-44(52(67)95)33-105-106-34-45(88-53(96)39(66)21-13-25-76-62(68)69)58(101)91-51(38-19-11-8-12-20-38)60(103)81-30-46(92)80-31-47(93)83-40(55(98)89-49)22-14-26-77-63(70)71/h7,9-10,17-18,35-36,38-45,49-51H,5-6,8,11-16,19-34,66H2,1-4H3,(H2,67,95)(H,80,92)(H,81,103)(H,82,102)(H,83,93)(H,84,94)(H,85,100)(H,86,104)(H,87,97)(H,88,96)(H,89,98)(H,90,99)(H,91,101)(H4,68,69,76)(H4,70,71,77)(H4,72,73,78)(H4,74,75,79)/t35-,36-,39+,40+,41-,42+,43-,44+,45+,49-,50+,51+/m0/s1. The average molecular weight is 1530 g/mol. The number of carbonyl (C=O) groups is 13. The number of carbonyl (C=O) groups excluding carboxylic acids is 13. The molecule has 1 aliphatic carbocycles. The van der Waals surface area contributed by atoms with Crippen molar-refractivity contribution in [3.63, 3.8) is 0 Å². The third-order valence-electron chi connectivity index (χ3n) is 17.4. The lowest BCUT2D eigenvalue weighted by Gasteiger charge is -2.31. The summed E-state index contributed by atoms with van der Waals surface area (Å²) < 4.78 is 0. The Morgan fingerprint density at radius 2 is 0.915 bits per heavy atom. The van der Waals surface area contributed by atoms with Crippen molar-refractivity contribution in [1.29, 1.82) is 0 Å². The van der Waals surface area contributed by atoms with Crippen LogP contribution in [0.3, 0.4) is 0 Å². The molecule has 2 aliphatic rings. The van der Waals surface area contributed by atoms with Crippen LogP contribution in [0.4, 0.5) is 0 Å². The van der Waals surface area contributed by atoms with Crippen molar-refractivity contribution in [2.45, 2.75) is 191 Å². The molecule has 1 aromatic rings. The Hall–Kier alpha value is -9.93. The number of nitrogens with two attached hydrogens (primary N) is 10. The van der Waals surface area contributed by atoms with Crippen LogP contribution in [0.2, 0.25) is 0 Å². The van der Waals surface area contributed by atoms with Gasteiger partial charge in [-0.1, -0.05) is 112 Å². The van der Waals surface area contributed by atoms with Crippen molar-refractivity contribution in [3.05, 3.63) is 35.9 Å². The number of guanidine groups is 4. The van der Waals surface area contributed by atoms with Gasteiger partial charge in [-0.05, 0) is 87.5 Å². The molecule has 0 radical (unpaired) electrons. The van der Waals surface area contributed by atoms with Crippen molar-refractivity contribution in [1.82, 2.24) is 63.8 Å². The molecule has 0 unspecified atom stereocenters. The summed E-state index contributed by atoms with van der Waals surface area (Å²) in [5.74, 6) is -14.3. The minimum Gasteiger partial charge on any atom is -0.370 e. The Morgan fingerprint density at radius 1 is 0.481 bits per heavy atom. The summed E-state index contributed by atoms with van der Waals surface area (Å²) in [7, 11) is 1.93. The third-order valence-corrected chi connectivity index (χ3v) is 19.8. The lowest BCUT2D eigenvalue weighted by Crippen LogP contribution is -2.61. The van der Waals surface area contributed by atoms with Gasteiger partial charge >= 0.3 is 0 Å². The largest absolute Gasteiger partial charge is 0.370 e. The van der Waals surface area contributed by atoms with Gasteiger partial charge in [-0.25, -0.2) is 0 Å². The highest BCUT2D eigenvalue weighted by Crippen LogP contribution is 2.28. The molecule has 0 aromatic heterocycles. The van der Waals surface area contributed by atoms with Crippen LogP contribution in [-0.4, -0.2) is 218 Å². The second-order valence-electron chi connectivity index (χ2n) is 25.9. The highest BCUT2D eigenvalue weighted by Gasteiger charge is 2.38. The summed E-state index contributed by atoms with van der Waals surface area (Å²) in [6.45, 7) is 4.81. The van der Waals surface area contributed by atoms with Gasteiger partial charge in [-0.3, -0.25) is 82.3 Å². The van der Waals surface area contributed by atoms with Gasteiger partial charge in [0.05, 0.1) is 25.7 Å². The molecule has 106 heavy (non-hydrogen) atoms. The normalized spacial score (nSPS) is 23.5. The molecule has 13 amide bonds. The van der Waals surface area contributed by atoms with Gasteiger partial charge in [0.1, 0.15) is 54.4 Å². The van der Waals surface area contributed by atoms with E-state index in [1.165, 1.54) is 0 Å². The highest BCUT2D eigenvalue weighted by molar-refractivity contribution is 8.76. The lowest BCUT2D eigenvalue weighted by atomic mass is 9.83. The van der Waals surface area contributed by atoms with E-state index in [4.69, 9.17) is 57.3 Å². The average Bonchev–Trinajstić information content (AvgIpc) is 0.856. The van der Waals surface area contributed by atoms with Gasteiger partial charge in [0.15, 0.2) is 23.8 Å². The highest BCUT2D eigenvalue weighted by atomic mass is 33.1. The van der Waals surface area contributed by atoms with Crippen LogP contribution in [0, 0.1) is 17.8 Å². The smallest absolute Gasteiger partial charge is 0.244 e. The van der Waals surface area contributed by atoms with Gasteiger partial charge < -0.3 is 121 Å². The molecule has 2 fully saturated rings. The molecule has 0 bridgehead atoms. The molecular formula is C65H112N26O13S2. The Bertz CT molecular complexity index is 3200. The fraction of sp³-hybridized carbons (Fsp3) is 0.646. The monoisotopic (exact) mass is 1530 g/mol. The lowest BCUT2D eigenvalue weighted by molar-refractivity contribution is -0.136. The predicted molar refractivity (Wildman–Crippen MR) is 404 cm³/mol. The minimum absolute atomic E-state index is 0.00587. The maximum atomic E-state index is 14.8. The van der Waals surface area contributed by atoms with Crippen molar-refractivity contribution in [2.75, 3.05) is 57.3 Å². The Balaban J connectivity index is 2.21. The first-order valence-electron chi connectivity index (χ1n) is 35.4. The predicted octanol–water partition coefficient (Wildman–Crippen LogP) is -6.96. The van der Waals surface area contributed by atoms with E-state index in [2.05, 4.69) is 83.8 Å². The molecule has 1 aliphatic heterocycles. The van der Waals surface area contributed by atoms with Crippen LogP contribution in [0.1, 0.15) is 130 Å². The van der Waals surface area contributed by atoms with E-state index >= 15 is 0 Å². The second kappa shape index (κ2) is 49.0. The van der Waals surface area contributed by atoms with E-state index in [9.17, 15) is 62.3 Å². The molecule has 3 rings (SSSR count). The Morgan fingerprint density at radius 3 is 1.42 bits per heavy atom. The van der Waals surface area contributed by atoms with Crippen molar-refractivity contribution < 1.29 is 62.3 Å². The number of aliphatic imine (C=N–C) groups is 4. The molecule has 1 saturated heterocycles. The number of nitrogens with one attached hydrogen (secondary N) is 12. The topological polar surface area (TPSA) is 676 Å². The summed E-state index contributed by atoms with van der Waals surface area (Å²) in [6, 6.07) is -5.20. The molecule has 1 aromatic carbocycles. The second-order valence-corrected chi connectivity index (χ2v) is 28.4. The van der Waals surface area contributed by atoms with Gasteiger partial charge in [-0.15, -0.1) is 0 Å². The van der Waals surface area contributed by atoms with Crippen molar-refractivity contribution >= 4 is 122 Å². The molecule has 1 heterocycles. The first-order valence-corrected chi connectivity index (χ1v) is 37.9. The maximum absolute atomic E-state index is 14.8. The van der Waals surface area contributed by atoms with E-state index < -0.39 is 175 Å². The molecule has 39 nitrogen and oxygen atoms in total. The number of primary amides is 1. The van der Waals surface area contributed by atoms with Gasteiger partial charge in [0.25, 0.3) is 0 Å². The SMILES string of the molecule is CC[C@H](C)[C@@H]1NC(=O)[C@@H](CCCN=C(N)N)NC(=O)CNC(=O)CNC(=O)[C@@H](C2CCCCC2)NC(=O)[C@H](NC(=O)[C@H](N)CCCN=C(N)N)CSSC[C@H](C(N)=O)NC(=O)[C@@H](CCCN=C(N)N)NC(=O)[C@H](Cc2ccccc2)NC(=O)[C@@H]([C@@H](C)CC)NC(=O)[C@H](CCCN=C(N)N)NC(=O)CNC1=O. The molecule has 32 N–H and O–H groups in total. The van der Waals surface area contributed by atoms with E-state index in [0.717, 1.165) is 28.0 Å². The number of hydrogen-bond acceptors (Lipinski definition) is 20. The van der Waals surface area contributed by atoms with E-state index in [1.54, 1.807) is 58.0 Å². The fourth-order valence-corrected chi connectivity index (χ4v) is 13.4. The van der Waals surface area contributed by atoms with Gasteiger partial charge in [0.2, 0.25) is 76.8 Å². The van der Waals surface area contributed by atoms with Crippen LogP contribution >= 0.6 is 21.6 Å². The van der Waals surface area contributed by atoms with E-state index in [1.807, 2.05) is 0 Å². The number of rotatable bonds is 26. The van der Waals surface area contributed by atoms with Gasteiger partial charge in [0, 0.05) is 44.1 Å². The van der Waals surface area contributed by atoms with Gasteiger partial charge in [-0.2, -0.15) is 0 Å². The fourth-order valence-electron chi connectivity index (χ4n) is 11.0. The Kier molecular flexibility index (Phi) is 41.7. The minimum atomic E-state index is -1.46. The first kappa shape index (κ1) is 90.3. The molecule has 12 atom stereocenters. The van der Waals surface area contributed by atoms with Crippen LogP contribution in [0.5, 0.6) is 0 Å². The van der Waals surface area contributed by atoms with E-state index in [0.29, 0.717) is 44.1 Å². The summed E-state index contributed by atoms with van der Waals surface area (Å²) in [6.07, 6.45) is 4.00. The number of nitrogens with zero attached hydrogens (tertiary/aromatic N) is 4. The van der Waals surface area contributed by atoms with Crippen LogP contribution in [0.15, 0.2) is 50.3 Å². The van der Waals surface area contributed by atoms with Crippen molar-refractivity contribution in [3.8, 4) is 0 Å². The summed E-state index contributed by atoms with van der Waals surface area (Å²) >= 11 is 0. The summed E-state index contributed by atoms with van der Waals surface area (Å²) in [4.78, 5) is 200. The Labute approximate surface area is 624 Å². The zero-order valence-corrected chi connectivity index (χ0v) is 62.4. The summed E-state index contributed by atoms with van der Waals surface area (Å²) in [5.41, 5.74) is 57.1. The number of amides is 13.